The zero-order valence-corrected chi connectivity index (χ0v) is 26.3. The minimum Gasteiger partial charge on any atom is -0.458 e. The van der Waals surface area contributed by atoms with E-state index in [9.17, 15) is 22.8 Å². The number of morpholine rings is 1. The van der Waals surface area contributed by atoms with E-state index in [2.05, 4.69) is 0 Å². The minimum atomic E-state index is -4.46. The second-order valence-electron chi connectivity index (χ2n) is 12.0. The lowest BCUT2D eigenvalue weighted by Gasteiger charge is -2.34. The van der Waals surface area contributed by atoms with E-state index in [4.69, 9.17) is 14.2 Å². The number of sulfonamides is 1. The van der Waals surface area contributed by atoms with Crippen LogP contribution in [0.5, 0.6) is 5.75 Å². The fraction of sp³-hybridized carbons (Fsp3) is 0.516. The fourth-order valence-electron chi connectivity index (χ4n) is 5.09. The monoisotopic (exact) mass is 615 g/mol. The topological polar surface area (TPSA) is 123 Å². The number of carbonyl (C=O) groups is 3. The predicted octanol–water partition coefficient (Wildman–Crippen LogP) is 3.39. The number of hydrogen-bond acceptors (Lipinski definition) is 9. The van der Waals surface area contributed by atoms with Crippen molar-refractivity contribution in [1.29, 1.82) is 0 Å². The van der Waals surface area contributed by atoms with Gasteiger partial charge in [0.25, 0.3) is 15.9 Å². The Morgan fingerprint density at radius 2 is 1.63 bits per heavy atom. The average Bonchev–Trinajstić information content (AvgIpc) is 3.39. The lowest BCUT2D eigenvalue weighted by atomic mass is 10.0. The van der Waals surface area contributed by atoms with Crippen LogP contribution in [0.3, 0.4) is 0 Å². The van der Waals surface area contributed by atoms with Crippen molar-refractivity contribution in [2.24, 2.45) is 0 Å². The van der Waals surface area contributed by atoms with Crippen LogP contribution in [0.2, 0.25) is 0 Å². The average molecular weight is 616 g/mol. The van der Waals surface area contributed by atoms with E-state index < -0.39 is 45.7 Å². The van der Waals surface area contributed by atoms with Crippen molar-refractivity contribution in [2.75, 3.05) is 39.9 Å². The summed E-state index contributed by atoms with van der Waals surface area (Å²) in [6.07, 6.45) is 0.566. The Morgan fingerprint density at radius 3 is 2.19 bits per heavy atom. The molecule has 2 fully saturated rings. The van der Waals surface area contributed by atoms with Gasteiger partial charge < -0.3 is 19.1 Å². The lowest BCUT2D eigenvalue weighted by molar-refractivity contribution is -0.162. The number of benzene rings is 2. The number of likely N-dealkylation sites (tertiary alicyclic amines) is 1. The number of likely N-dealkylation sites (N-methyl/N-ethyl adjacent to an activating group) is 1. The Kier molecular flexibility index (Phi) is 10.1. The number of esters is 1. The number of rotatable bonds is 8. The summed E-state index contributed by atoms with van der Waals surface area (Å²) in [6.45, 7) is 9.28. The lowest BCUT2D eigenvalue weighted by Crippen LogP contribution is -2.55. The third kappa shape index (κ3) is 8.12. The van der Waals surface area contributed by atoms with Crippen molar-refractivity contribution in [2.45, 2.75) is 69.5 Å². The largest absolute Gasteiger partial charge is 0.458 e. The summed E-state index contributed by atoms with van der Waals surface area (Å²) in [7, 11) is -2.69. The molecule has 0 radical (unpaired) electrons. The molecular weight excluding hydrogens is 574 g/mol. The Balaban J connectivity index is 1.69. The summed E-state index contributed by atoms with van der Waals surface area (Å²) in [5.74, 6) is -1.21. The number of aryl methyl sites for hydroxylation is 1. The molecule has 11 nitrogen and oxygen atoms in total. The third-order valence-electron chi connectivity index (χ3n) is 7.39. The van der Waals surface area contributed by atoms with Gasteiger partial charge in [-0.05, 0) is 84.0 Å². The van der Waals surface area contributed by atoms with Crippen LogP contribution in [0.4, 0.5) is 4.79 Å². The van der Waals surface area contributed by atoms with Crippen LogP contribution in [0.25, 0.3) is 0 Å². The zero-order valence-electron chi connectivity index (χ0n) is 25.4. The number of carbonyl (C=O) groups excluding carboxylic acids is 3. The van der Waals surface area contributed by atoms with Crippen LogP contribution in [-0.2, 0) is 35.5 Å². The number of nitrogens with zero attached hydrogens (tertiary/aromatic N) is 3. The quantitative estimate of drug-likeness (QED) is 0.411. The van der Waals surface area contributed by atoms with E-state index in [1.54, 1.807) is 69.1 Å². The van der Waals surface area contributed by atoms with E-state index in [1.165, 1.54) is 12.1 Å². The van der Waals surface area contributed by atoms with Gasteiger partial charge in [-0.15, -0.1) is 0 Å². The van der Waals surface area contributed by atoms with Gasteiger partial charge in [-0.1, -0.05) is 29.8 Å². The van der Waals surface area contributed by atoms with E-state index in [0.29, 0.717) is 50.6 Å². The van der Waals surface area contributed by atoms with Crippen LogP contribution in [0.1, 0.15) is 44.7 Å². The first kappa shape index (κ1) is 32.4. The molecule has 0 aromatic heterocycles. The first-order valence-electron chi connectivity index (χ1n) is 14.5. The molecule has 43 heavy (non-hydrogen) atoms. The predicted molar refractivity (Wildman–Crippen MR) is 159 cm³/mol. The van der Waals surface area contributed by atoms with Gasteiger partial charge in [0, 0.05) is 19.5 Å². The van der Waals surface area contributed by atoms with Gasteiger partial charge >= 0.3 is 12.1 Å². The summed E-state index contributed by atoms with van der Waals surface area (Å²) in [5, 5.41) is 0. The zero-order chi connectivity index (χ0) is 31.4. The summed E-state index contributed by atoms with van der Waals surface area (Å²) < 4.78 is 45.5. The molecule has 0 N–H and O–H groups in total. The maximum absolute atomic E-state index is 14.2. The van der Waals surface area contributed by atoms with E-state index in [0.717, 1.165) is 16.3 Å². The molecule has 2 aromatic carbocycles. The van der Waals surface area contributed by atoms with Gasteiger partial charge in [0.05, 0.1) is 24.2 Å². The molecular formula is C31H41N3O8S. The minimum absolute atomic E-state index is 0.0916. The SMILES string of the molecule is Cc1ccc(S(=O)(=O)N(C(=O)[C@@H]2CCCN2C)[C@H](Cc2ccc(OC(=O)N3CCOCC3)cc2)C(=O)OC(C)(C)C)cc1. The maximum Gasteiger partial charge on any atom is 0.415 e. The Morgan fingerprint density at radius 1 is 1.00 bits per heavy atom. The molecule has 2 aliphatic rings. The fourth-order valence-corrected chi connectivity index (χ4v) is 6.65. The van der Waals surface area contributed by atoms with Crippen LogP contribution >= 0.6 is 0 Å². The molecule has 0 aliphatic carbocycles. The highest BCUT2D eigenvalue weighted by molar-refractivity contribution is 7.89. The van der Waals surface area contributed by atoms with Gasteiger partial charge in [0.1, 0.15) is 17.4 Å². The van der Waals surface area contributed by atoms with Crippen molar-refractivity contribution in [1.82, 2.24) is 14.1 Å². The van der Waals surface area contributed by atoms with Gasteiger partial charge in [0.2, 0.25) is 0 Å². The Labute approximate surface area is 253 Å². The number of amides is 2. The molecule has 0 bridgehead atoms. The maximum atomic E-state index is 14.2. The highest BCUT2D eigenvalue weighted by Gasteiger charge is 2.45. The van der Waals surface area contributed by atoms with Crippen LogP contribution in [0.15, 0.2) is 53.4 Å². The molecule has 0 spiro atoms. The first-order valence-corrected chi connectivity index (χ1v) is 15.9. The van der Waals surface area contributed by atoms with Crippen LogP contribution in [-0.4, -0.2) is 98.1 Å². The van der Waals surface area contributed by atoms with Crippen LogP contribution < -0.4 is 4.74 Å². The van der Waals surface area contributed by atoms with Crippen molar-refractivity contribution >= 4 is 28.0 Å². The normalized spacial score (nSPS) is 18.6. The van der Waals surface area contributed by atoms with Crippen molar-refractivity contribution < 1.29 is 37.0 Å². The van der Waals surface area contributed by atoms with Crippen molar-refractivity contribution in [3.05, 3.63) is 59.7 Å². The second-order valence-corrected chi connectivity index (χ2v) is 13.8. The first-order chi connectivity index (χ1) is 20.3. The van der Waals surface area contributed by atoms with E-state index in [1.807, 2.05) is 11.8 Å². The second kappa shape index (κ2) is 13.4. The standard InChI is InChI=1S/C31H41N3O8S/c1-22-8-14-25(15-9-22)43(38,39)34(28(35)26-7-6-16-32(26)5)27(29(36)42-31(2,3)4)21-23-10-12-24(13-11-23)41-30(37)33-17-19-40-20-18-33/h8-15,26-27H,6-7,16-21H2,1-5H3/t26-,27+/m0/s1. The Hall–Kier alpha value is -3.48. The molecule has 4 rings (SSSR count). The summed E-state index contributed by atoms with van der Waals surface area (Å²) in [6, 6.07) is 10.4. The van der Waals surface area contributed by atoms with Crippen LogP contribution in [0, 0.1) is 6.92 Å². The highest BCUT2D eigenvalue weighted by atomic mass is 32.2. The third-order valence-corrected chi connectivity index (χ3v) is 9.21. The molecule has 0 saturated carbocycles. The van der Waals surface area contributed by atoms with E-state index >= 15 is 0 Å². The molecule has 2 aliphatic heterocycles. The van der Waals surface area contributed by atoms with Crippen molar-refractivity contribution in [3.8, 4) is 5.75 Å². The smallest absolute Gasteiger partial charge is 0.415 e. The van der Waals surface area contributed by atoms with Gasteiger partial charge in [-0.2, -0.15) is 0 Å². The molecule has 12 heteroatoms. The molecule has 0 unspecified atom stereocenters. The van der Waals surface area contributed by atoms with E-state index in [-0.39, 0.29) is 11.3 Å². The Bertz CT molecular complexity index is 1400. The number of hydrogen-bond donors (Lipinski definition) is 0. The summed E-state index contributed by atoms with van der Waals surface area (Å²) in [5.41, 5.74) is 0.475. The summed E-state index contributed by atoms with van der Waals surface area (Å²) in [4.78, 5) is 43.6. The van der Waals surface area contributed by atoms with Gasteiger partial charge in [-0.3, -0.25) is 9.69 Å². The summed E-state index contributed by atoms with van der Waals surface area (Å²) >= 11 is 0. The molecule has 2 heterocycles. The molecule has 2 atom stereocenters. The molecule has 2 aromatic rings. The highest BCUT2D eigenvalue weighted by Crippen LogP contribution is 2.28. The van der Waals surface area contributed by atoms with Crippen molar-refractivity contribution in [3.63, 3.8) is 0 Å². The molecule has 2 saturated heterocycles. The molecule has 2 amide bonds. The number of ether oxygens (including phenoxy) is 3. The van der Waals surface area contributed by atoms with Gasteiger partial charge in [0.15, 0.2) is 0 Å². The molecule has 234 valence electrons. The van der Waals surface area contributed by atoms with Gasteiger partial charge in [-0.25, -0.2) is 22.3 Å².